The average Bonchev–Trinajstić information content (AvgIpc) is 2.74. The highest BCUT2D eigenvalue weighted by atomic mass is 19.4. The Morgan fingerprint density at radius 2 is 1.60 bits per heavy atom. The molecule has 1 aromatic rings. The zero-order valence-electron chi connectivity index (χ0n) is 11.4. The lowest BCUT2D eigenvalue weighted by atomic mass is 9.63. The van der Waals surface area contributed by atoms with E-state index in [2.05, 4.69) is 0 Å². The van der Waals surface area contributed by atoms with Crippen LogP contribution in [-0.4, -0.2) is 6.04 Å². The molecular formula is C16H20F3N. The van der Waals surface area contributed by atoms with Gasteiger partial charge < -0.3 is 5.73 Å². The first-order valence-corrected chi connectivity index (χ1v) is 7.39. The van der Waals surface area contributed by atoms with Crippen molar-refractivity contribution >= 4 is 0 Å². The fraction of sp³-hybridized carbons (Fsp3) is 0.625. The van der Waals surface area contributed by atoms with Gasteiger partial charge in [0.25, 0.3) is 0 Å². The molecule has 4 atom stereocenters. The Labute approximate surface area is 117 Å². The topological polar surface area (TPSA) is 26.0 Å². The zero-order valence-corrected chi connectivity index (χ0v) is 11.4. The van der Waals surface area contributed by atoms with Gasteiger partial charge in [-0.3, -0.25) is 0 Å². The van der Waals surface area contributed by atoms with E-state index >= 15 is 0 Å². The normalized spacial score (nSPS) is 34.0. The first-order chi connectivity index (χ1) is 9.47. The Morgan fingerprint density at radius 1 is 0.900 bits per heavy atom. The van der Waals surface area contributed by atoms with Crippen molar-refractivity contribution in [2.75, 3.05) is 0 Å². The molecule has 0 aliphatic heterocycles. The van der Waals surface area contributed by atoms with Crippen LogP contribution in [0.3, 0.4) is 0 Å². The first-order valence-electron chi connectivity index (χ1n) is 7.39. The maximum absolute atomic E-state index is 12.6. The van der Waals surface area contributed by atoms with Gasteiger partial charge in [-0.05, 0) is 61.1 Å². The van der Waals surface area contributed by atoms with Crippen LogP contribution in [0.2, 0.25) is 0 Å². The van der Waals surface area contributed by atoms with E-state index in [4.69, 9.17) is 5.73 Å². The van der Waals surface area contributed by atoms with Gasteiger partial charge in [-0.1, -0.05) is 18.6 Å². The average molecular weight is 283 g/mol. The van der Waals surface area contributed by atoms with Gasteiger partial charge in [0.15, 0.2) is 0 Å². The third-order valence-corrected chi connectivity index (χ3v) is 5.17. The van der Waals surface area contributed by atoms with Gasteiger partial charge in [0.2, 0.25) is 0 Å². The van der Waals surface area contributed by atoms with Gasteiger partial charge in [0.1, 0.15) is 0 Å². The van der Waals surface area contributed by atoms with Crippen LogP contribution in [0.25, 0.3) is 0 Å². The summed E-state index contributed by atoms with van der Waals surface area (Å²) in [7, 11) is 0. The van der Waals surface area contributed by atoms with Gasteiger partial charge in [0, 0.05) is 6.04 Å². The monoisotopic (exact) mass is 283 g/mol. The molecule has 2 saturated carbocycles. The number of hydrogen-bond acceptors (Lipinski definition) is 1. The van der Waals surface area contributed by atoms with Crippen molar-refractivity contribution in [3.05, 3.63) is 35.4 Å². The van der Waals surface area contributed by atoms with E-state index in [1.165, 1.54) is 31.4 Å². The molecule has 3 rings (SSSR count). The fourth-order valence-corrected chi connectivity index (χ4v) is 3.92. The van der Waals surface area contributed by atoms with Crippen LogP contribution in [-0.2, 0) is 6.18 Å². The molecule has 2 aliphatic carbocycles. The number of hydrogen-bond donors (Lipinski definition) is 1. The van der Waals surface area contributed by atoms with Gasteiger partial charge in [-0.2, -0.15) is 13.2 Å². The molecule has 20 heavy (non-hydrogen) atoms. The summed E-state index contributed by atoms with van der Waals surface area (Å²) in [5, 5.41) is 0. The lowest BCUT2D eigenvalue weighted by molar-refractivity contribution is -0.137. The molecule has 0 bridgehead atoms. The van der Waals surface area contributed by atoms with Gasteiger partial charge in [-0.15, -0.1) is 0 Å². The molecule has 4 unspecified atom stereocenters. The largest absolute Gasteiger partial charge is 0.416 e. The second-order valence-corrected chi connectivity index (χ2v) is 6.23. The smallest absolute Gasteiger partial charge is 0.327 e. The molecule has 4 heteroatoms. The van der Waals surface area contributed by atoms with Crippen LogP contribution in [0.5, 0.6) is 0 Å². The summed E-state index contributed by atoms with van der Waals surface area (Å²) in [6.45, 7) is 0. The van der Waals surface area contributed by atoms with Crippen molar-refractivity contribution < 1.29 is 13.2 Å². The number of benzene rings is 1. The predicted octanol–water partition coefficient (Wildman–Crippen LogP) is 4.33. The van der Waals surface area contributed by atoms with Crippen molar-refractivity contribution in [2.24, 2.45) is 17.6 Å². The van der Waals surface area contributed by atoms with Crippen LogP contribution in [0.4, 0.5) is 13.2 Å². The molecule has 110 valence electrons. The predicted molar refractivity (Wildman–Crippen MR) is 72.2 cm³/mol. The maximum Gasteiger partial charge on any atom is 0.416 e. The third kappa shape index (κ3) is 2.46. The van der Waals surface area contributed by atoms with Crippen LogP contribution in [0.15, 0.2) is 24.3 Å². The molecule has 1 aromatic carbocycles. The Hall–Kier alpha value is -1.03. The number of nitrogens with two attached hydrogens (primary N) is 1. The first kappa shape index (κ1) is 13.9. The van der Waals surface area contributed by atoms with E-state index in [1.807, 2.05) is 0 Å². The highest BCUT2D eigenvalue weighted by Crippen LogP contribution is 2.50. The Balaban J connectivity index is 1.73. The van der Waals surface area contributed by atoms with Crippen molar-refractivity contribution in [1.29, 1.82) is 0 Å². The molecule has 0 aromatic heterocycles. The standard InChI is InChI=1S/C16H20F3N/c17-16(18,19)11-6-4-10(5-7-11)12-8-9-13(12)14-2-1-3-15(14)20/h4-7,12-15H,1-3,8-9,20H2. The van der Waals surface area contributed by atoms with E-state index in [9.17, 15) is 13.2 Å². The summed E-state index contributed by atoms with van der Waals surface area (Å²) in [4.78, 5) is 0. The van der Waals surface area contributed by atoms with E-state index in [0.717, 1.165) is 18.4 Å². The summed E-state index contributed by atoms with van der Waals surface area (Å²) in [6, 6.07) is 6.01. The molecule has 2 N–H and O–H groups in total. The Kier molecular flexibility index (Phi) is 3.53. The lowest BCUT2D eigenvalue weighted by Gasteiger charge is -2.42. The van der Waals surface area contributed by atoms with Crippen LogP contribution < -0.4 is 5.73 Å². The van der Waals surface area contributed by atoms with Crippen molar-refractivity contribution in [2.45, 2.75) is 50.2 Å². The molecule has 0 amide bonds. The molecule has 2 aliphatic rings. The second-order valence-electron chi connectivity index (χ2n) is 6.23. The zero-order chi connectivity index (χ0) is 14.3. The molecule has 0 radical (unpaired) electrons. The van der Waals surface area contributed by atoms with E-state index in [1.54, 1.807) is 12.1 Å². The molecular weight excluding hydrogens is 263 g/mol. The van der Waals surface area contributed by atoms with E-state index in [-0.39, 0.29) is 6.04 Å². The number of alkyl halides is 3. The molecule has 2 fully saturated rings. The highest BCUT2D eigenvalue weighted by molar-refractivity contribution is 5.29. The number of halogens is 3. The molecule has 0 spiro atoms. The minimum Gasteiger partial charge on any atom is -0.327 e. The highest BCUT2D eigenvalue weighted by Gasteiger charge is 2.42. The van der Waals surface area contributed by atoms with E-state index < -0.39 is 11.7 Å². The number of rotatable bonds is 2. The fourth-order valence-electron chi connectivity index (χ4n) is 3.92. The molecule has 0 heterocycles. The SMILES string of the molecule is NC1CCCC1C1CCC1c1ccc(C(F)(F)F)cc1. The minimum absolute atomic E-state index is 0.289. The lowest BCUT2D eigenvalue weighted by Crippen LogP contribution is -2.38. The van der Waals surface area contributed by atoms with Gasteiger partial charge >= 0.3 is 6.18 Å². The third-order valence-electron chi connectivity index (χ3n) is 5.17. The summed E-state index contributed by atoms with van der Waals surface area (Å²) >= 11 is 0. The summed E-state index contributed by atoms with van der Waals surface area (Å²) in [5.41, 5.74) is 6.65. The Bertz CT molecular complexity index is 466. The van der Waals surface area contributed by atoms with Crippen molar-refractivity contribution in [3.8, 4) is 0 Å². The van der Waals surface area contributed by atoms with E-state index in [0.29, 0.717) is 17.8 Å². The van der Waals surface area contributed by atoms with Crippen LogP contribution >= 0.6 is 0 Å². The summed E-state index contributed by atoms with van der Waals surface area (Å²) in [6.07, 6.45) is 1.49. The van der Waals surface area contributed by atoms with Gasteiger partial charge in [-0.25, -0.2) is 0 Å². The second kappa shape index (κ2) is 5.06. The Morgan fingerprint density at radius 3 is 2.05 bits per heavy atom. The van der Waals surface area contributed by atoms with Crippen LogP contribution in [0, 0.1) is 11.8 Å². The van der Waals surface area contributed by atoms with Gasteiger partial charge in [0.05, 0.1) is 5.56 Å². The van der Waals surface area contributed by atoms with Crippen molar-refractivity contribution in [3.63, 3.8) is 0 Å². The summed E-state index contributed by atoms with van der Waals surface area (Å²) < 4.78 is 37.7. The summed E-state index contributed by atoms with van der Waals surface area (Å²) in [5.74, 6) is 1.55. The molecule has 0 saturated heterocycles. The quantitative estimate of drug-likeness (QED) is 0.859. The van der Waals surface area contributed by atoms with Crippen LogP contribution in [0.1, 0.15) is 49.1 Å². The van der Waals surface area contributed by atoms with Crippen molar-refractivity contribution in [1.82, 2.24) is 0 Å². The maximum atomic E-state index is 12.6. The molecule has 1 nitrogen and oxygen atoms in total. The minimum atomic E-state index is -4.24.